The molecule has 1 aromatic heterocycles. The van der Waals surface area contributed by atoms with Crippen LogP contribution in [0.3, 0.4) is 0 Å². The molecular formula is C13H14ClFN2. The third-order valence-electron chi connectivity index (χ3n) is 2.68. The van der Waals surface area contributed by atoms with E-state index in [2.05, 4.69) is 16.8 Å². The predicted molar refractivity (Wildman–Crippen MR) is 68.8 cm³/mol. The first kappa shape index (κ1) is 12.0. The lowest BCUT2D eigenvalue weighted by Crippen LogP contribution is -2.07. The highest BCUT2D eigenvalue weighted by Gasteiger charge is 2.06. The number of aryl methyl sites for hydroxylation is 1. The van der Waals surface area contributed by atoms with Crippen LogP contribution in [-0.2, 0) is 13.1 Å². The van der Waals surface area contributed by atoms with E-state index in [4.69, 9.17) is 11.6 Å². The minimum Gasteiger partial charge on any atom is -0.377 e. The number of halogens is 2. The van der Waals surface area contributed by atoms with Crippen LogP contribution in [-0.4, -0.2) is 4.57 Å². The van der Waals surface area contributed by atoms with Crippen LogP contribution in [0.2, 0.25) is 5.02 Å². The van der Waals surface area contributed by atoms with Gasteiger partial charge in [-0.3, -0.25) is 0 Å². The summed E-state index contributed by atoms with van der Waals surface area (Å²) < 4.78 is 15.7. The lowest BCUT2D eigenvalue weighted by molar-refractivity contribution is 0.629. The van der Waals surface area contributed by atoms with E-state index >= 15 is 0 Å². The molecule has 0 spiro atoms. The molecule has 0 amide bonds. The van der Waals surface area contributed by atoms with E-state index in [9.17, 15) is 4.39 Å². The Morgan fingerprint density at radius 3 is 2.88 bits per heavy atom. The highest BCUT2D eigenvalue weighted by Crippen LogP contribution is 2.22. The van der Waals surface area contributed by atoms with Crippen LogP contribution in [0.25, 0.3) is 0 Å². The average molecular weight is 253 g/mol. The number of nitrogens with one attached hydrogen (secondary N) is 1. The highest BCUT2D eigenvalue weighted by atomic mass is 35.5. The molecule has 2 rings (SSSR count). The maximum atomic E-state index is 13.6. The van der Waals surface area contributed by atoms with Crippen molar-refractivity contribution in [3.63, 3.8) is 0 Å². The normalized spacial score (nSPS) is 10.5. The minimum atomic E-state index is -0.399. The number of anilines is 1. The summed E-state index contributed by atoms with van der Waals surface area (Å²) in [5, 5.41) is 3.19. The molecule has 0 aliphatic rings. The number of hydrogen-bond acceptors (Lipinski definition) is 1. The van der Waals surface area contributed by atoms with Gasteiger partial charge in [-0.05, 0) is 31.2 Å². The van der Waals surface area contributed by atoms with Gasteiger partial charge in [-0.25, -0.2) is 4.39 Å². The molecule has 0 radical (unpaired) electrons. The zero-order chi connectivity index (χ0) is 12.3. The highest BCUT2D eigenvalue weighted by molar-refractivity contribution is 6.31. The fraction of sp³-hybridized carbons (Fsp3) is 0.231. The van der Waals surface area contributed by atoms with Crippen LogP contribution in [0.5, 0.6) is 0 Å². The molecule has 90 valence electrons. The molecule has 0 fully saturated rings. The van der Waals surface area contributed by atoms with Gasteiger partial charge in [0.05, 0.1) is 17.3 Å². The lowest BCUT2D eigenvalue weighted by Gasteiger charge is -2.10. The number of aromatic nitrogens is 1. The molecule has 0 unspecified atom stereocenters. The van der Waals surface area contributed by atoms with E-state index in [-0.39, 0.29) is 5.02 Å². The SMILES string of the molecule is CCn1cccc1CNc1cccc(Cl)c1F. The van der Waals surface area contributed by atoms with Gasteiger partial charge in [0.15, 0.2) is 5.82 Å². The molecule has 2 nitrogen and oxygen atoms in total. The van der Waals surface area contributed by atoms with Gasteiger partial charge in [-0.1, -0.05) is 17.7 Å². The fourth-order valence-corrected chi connectivity index (χ4v) is 1.92. The van der Waals surface area contributed by atoms with Crippen LogP contribution in [0, 0.1) is 5.82 Å². The van der Waals surface area contributed by atoms with Gasteiger partial charge in [0.2, 0.25) is 0 Å². The number of rotatable bonds is 4. The Morgan fingerprint density at radius 1 is 1.29 bits per heavy atom. The van der Waals surface area contributed by atoms with Crippen molar-refractivity contribution in [1.82, 2.24) is 4.57 Å². The van der Waals surface area contributed by atoms with E-state index in [1.807, 2.05) is 18.3 Å². The van der Waals surface area contributed by atoms with Crippen molar-refractivity contribution >= 4 is 17.3 Å². The number of hydrogen-bond donors (Lipinski definition) is 1. The zero-order valence-corrected chi connectivity index (χ0v) is 10.3. The van der Waals surface area contributed by atoms with Crippen molar-refractivity contribution in [2.45, 2.75) is 20.0 Å². The largest absolute Gasteiger partial charge is 0.377 e. The Kier molecular flexibility index (Phi) is 3.69. The third-order valence-corrected chi connectivity index (χ3v) is 2.97. The molecule has 0 bridgehead atoms. The van der Waals surface area contributed by atoms with Crippen LogP contribution >= 0.6 is 11.6 Å². The second-order valence-corrected chi connectivity index (χ2v) is 4.15. The van der Waals surface area contributed by atoms with Gasteiger partial charge in [0.25, 0.3) is 0 Å². The summed E-state index contributed by atoms with van der Waals surface area (Å²) in [5.74, 6) is -0.399. The van der Waals surface area contributed by atoms with Crippen molar-refractivity contribution in [1.29, 1.82) is 0 Å². The van der Waals surface area contributed by atoms with E-state index in [1.54, 1.807) is 12.1 Å². The quantitative estimate of drug-likeness (QED) is 0.873. The van der Waals surface area contributed by atoms with Gasteiger partial charge >= 0.3 is 0 Å². The Labute approximate surface area is 105 Å². The first-order valence-corrected chi connectivity index (χ1v) is 5.92. The van der Waals surface area contributed by atoms with Crippen molar-refractivity contribution in [3.8, 4) is 0 Å². The average Bonchev–Trinajstić information content (AvgIpc) is 2.78. The summed E-state index contributed by atoms with van der Waals surface area (Å²) >= 11 is 5.71. The van der Waals surface area contributed by atoms with E-state index in [0.29, 0.717) is 12.2 Å². The Balaban J connectivity index is 2.10. The molecule has 0 saturated heterocycles. The van der Waals surface area contributed by atoms with Crippen LogP contribution in [0.1, 0.15) is 12.6 Å². The summed E-state index contributed by atoms with van der Waals surface area (Å²) in [4.78, 5) is 0. The van der Waals surface area contributed by atoms with Gasteiger partial charge in [-0.15, -0.1) is 0 Å². The molecule has 17 heavy (non-hydrogen) atoms. The van der Waals surface area contributed by atoms with Crippen LogP contribution in [0.15, 0.2) is 36.5 Å². The number of benzene rings is 1. The van der Waals surface area contributed by atoms with Gasteiger partial charge in [0, 0.05) is 18.4 Å². The Bertz CT molecular complexity index is 508. The van der Waals surface area contributed by atoms with Crippen molar-refractivity contribution in [2.24, 2.45) is 0 Å². The predicted octanol–water partition coefficient (Wildman–Crippen LogP) is 3.91. The molecule has 2 aromatic rings. The second kappa shape index (κ2) is 5.23. The monoisotopic (exact) mass is 252 g/mol. The maximum absolute atomic E-state index is 13.6. The van der Waals surface area contributed by atoms with Gasteiger partial charge in [-0.2, -0.15) is 0 Å². The summed E-state index contributed by atoms with van der Waals surface area (Å²) in [7, 11) is 0. The van der Waals surface area contributed by atoms with Crippen molar-refractivity contribution < 1.29 is 4.39 Å². The van der Waals surface area contributed by atoms with Crippen molar-refractivity contribution in [3.05, 3.63) is 53.1 Å². The summed E-state index contributed by atoms with van der Waals surface area (Å²) in [6, 6.07) is 8.94. The molecule has 4 heteroatoms. The van der Waals surface area contributed by atoms with Crippen molar-refractivity contribution in [2.75, 3.05) is 5.32 Å². The fourth-order valence-electron chi connectivity index (χ4n) is 1.74. The lowest BCUT2D eigenvalue weighted by atomic mass is 10.3. The molecule has 0 aliphatic carbocycles. The molecule has 1 aromatic carbocycles. The summed E-state index contributed by atoms with van der Waals surface area (Å²) in [6.45, 7) is 3.56. The molecular weight excluding hydrogens is 239 g/mol. The summed E-state index contributed by atoms with van der Waals surface area (Å²) in [6.07, 6.45) is 2.01. The van der Waals surface area contributed by atoms with E-state index in [1.165, 1.54) is 6.07 Å². The molecule has 0 atom stereocenters. The molecule has 0 aliphatic heterocycles. The minimum absolute atomic E-state index is 0.140. The summed E-state index contributed by atoms with van der Waals surface area (Å²) in [5.41, 5.74) is 1.55. The standard InChI is InChI=1S/C13H14ClFN2/c1-2-17-8-4-5-10(17)9-16-12-7-3-6-11(14)13(12)15/h3-8,16H,2,9H2,1H3. The van der Waals surface area contributed by atoms with E-state index in [0.717, 1.165) is 12.2 Å². The Hall–Kier alpha value is -1.48. The first-order chi connectivity index (χ1) is 8.22. The number of nitrogens with zero attached hydrogens (tertiary/aromatic N) is 1. The second-order valence-electron chi connectivity index (χ2n) is 3.74. The molecule has 1 N–H and O–H groups in total. The van der Waals surface area contributed by atoms with Crippen LogP contribution in [0.4, 0.5) is 10.1 Å². The van der Waals surface area contributed by atoms with Crippen LogP contribution < -0.4 is 5.32 Å². The molecule has 1 heterocycles. The zero-order valence-electron chi connectivity index (χ0n) is 9.58. The molecule has 0 saturated carbocycles. The van der Waals surface area contributed by atoms with E-state index < -0.39 is 5.82 Å². The maximum Gasteiger partial charge on any atom is 0.164 e. The smallest absolute Gasteiger partial charge is 0.164 e. The topological polar surface area (TPSA) is 17.0 Å². The Morgan fingerprint density at radius 2 is 2.12 bits per heavy atom. The third kappa shape index (κ3) is 2.61. The van der Waals surface area contributed by atoms with Gasteiger partial charge in [0.1, 0.15) is 0 Å². The van der Waals surface area contributed by atoms with Gasteiger partial charge < -0.3 is 9.88 Å². The first-order valence-electron chi connectivity index (χ1n) is 5.54.